The first-order chi connectivity index (χ1) is 10.5. The van der Waals surface area contributed by atoms with Crippen molar-refractivity contribution < 1.29 is 9.90 Å². The van der Waals surface area contributed by atoms with E-state index in [1.165, 1.54) is 4.88 Å². The van der Waals surface area contributed by atoms with Crippen molar-refractivity contribution in [2.75, 3.05) is 0 Å². The number of carbonyl (C=O) groups is 1. The van der Waals surface area contributed by atoms with Crippen LogP contribution in [0.15, 0.2) is 30.3 Å². The van der Waals surface area contributed by atoms with Crippen LogP contribution in [0.1, 0.15) is 33.3 Å². The Kier molecular flexibility index (Phi) is 3.71. The van der Waals surface area contributed by atoms with Crippen molar-refractivity contribution in [1.82, 2.24) is 4.98 Å². The number of pyridine rings is 1. The zero-order valence-corrected chi connectivity index (χ0v) is 13.6. The number of rotatable bonds is 3. The minimum atomic E-state index is -0.908. The largest absolute Gasteiger partial charge is 0.478 e. The maximum Gasteiger partial charge on any atom is 0.336 e. The van der Waals surface area contributed by atoms with Crippen LogP contribution in [0.4, 0.5) is 0 Å². The molecule has 0 unspecified atom stereocenters. The van der Waals surface area contributed by atoms with E-state index in [2.05, 4.69) is 13.0 Å². The van der Waals surface area contributed by atoms with Gasteiger partial charge in [-0.05, 0) is 49.6 Å². The minimum Gasteiger partial charge on any atom is -0.478 e. The third kappa shape index (κ3) is 2.40. The van der Waals surface area contributed by atoms with Crippen LogP contribution in [-0.2, 0) is 6.42 Å². The molecule has 0 aliphatic carbocycles. The molecular weight excluding hydrogens is 294 g/mol. The molecular formula is C18H17NO2S. The fourth-order valence-corrected chi connectivity index (χ4v) is 3.55. The highest BCUT2D eigenvalue weighted by Crippen LogP contribution is 2.32. The van der Waals surface area contributed by atoms with Gasteiger partial charge >= 0.3 is 5.97 Å². The number of hydrogen-bond acceptors (Lipinski definition) is 3. The van der Waals surface area contributed by atoms with Gasteiger partial charge in [-0.1, -0.05) is 19.1 Å². The molecule has 0 aliphatic rings. The van der Waals surface area contributed by atoms with Crippen molar-refractivity contribution in [3.05, 3.63) is 51.9 Å². The molecule has 0 bridgehead atoms. The zero-order valence-electron chi connectivity index (χ0n) is 12.8. The van der Waals surface area contributed by atoms with Crippen LogP contribution < -0.4 is 0 Å². The van der Waals surface area contributed by atoms with E-state index < -0.39 is 5.97 Å². The van der Waals surface area contributed by atoms with Gasteiger partial charge in [0.15, 0.2) is 0 Å². The molecule has 0 aliphatic heterocycles. The number of aromatic carboxylic acids is 1. The van der Waals surface area contributed by atoms with Crippen LogP contribution in [0.5, 0.6) is 0 Å². The standard InChI is InChI=1S/C18H17NO2S/c1-4-12-7-8-15(22-12)14-9-13(18(20)21)16-10(2)5-6-11(3)17(16)19-14/h5-9H,4H2,1-3H3,(H,20,21). The topological polar surface area (TPSA) is 50.2 Å². The Morgan fingerprint density at radius 3 is 2.55 bits per heavy atom. The summed E-state index contributed by atoms with van der Waals surface area (Å²) < 4.78 is 0. The maximum atomic E-state index is 11.7. The second-order valence-electron chi connectivity index (χ2n) is 5.40. The van der Waals surface area contributed by atoms with E-state index in [9.17, 15) is 9.90 Å². The second kappa shape index (κ2) is 5.54. The molecule has 3 nitrogen and oxygen atoms in total. The van der Waals surface area contributed by atoms with Gasteiger partial charge in [-0.15, -0.1) is 11.3 Å². The summed E-state index contributed by atoms with van der Waals surface area (Å²) in [7, 11) is 0. The molecule has 1 N–H and O–H groups in total. The SMILES string of the molecule is CCc1ccc(-c2cc(C(=O)O)c3c(C)ccc(C)c3n2)s1. The first kappa shape index (κ1) is 14.7. The predicted octanol–water partition coefficient (Wildman–Crippen LogP) is 4.84. The Morgan fingerprint density at radius 2 is 1.91 bits per heavy atom. The van der Waals surface area contributed by atoms with Gasteiger partial charge in [-0.3, -0.25) is 0 Å². The zero-order chi connectivity index (χ0) is 15.9. The summed E-state index contributed by atoms with van der Waals surface area (Å²) in [6, 6.07) is 9.74. The first-order valence-electron chi connectivity index (χ1n) is 7.24. The summed E-state index contributed by atoms with van der Waals surface area (Å²) in [4.78, 5) is 18.7. The second-order valence-corrected chi connectivity index (χ2v) is 6.57. The number of aromatic nitrogens is 1. The molecule has 3 rings (SSSR count). The summed E-state index contributed by atoms with van der Waals surface area (Å²) in [5.74, 6) is -0.908. The molecule has 0 saturated carbocycles. The van der Waals surface area contributed by atoms with Crippen molar-refractivity contribution in [1.29, 1.82) is 0 Å². The van der Waals surface area contributed by atoms with Crippen molar-refractivity contribution in [2.24, 2.45) is 0 Å². The average molecular weight is 311 g/mol. The number of hydrogen-bond donors (Lipinski definition) is 1. The lowest BCUT2D eigenvalue weighted by Crippen LogP contribution is -2.02. The number of nitrogens with zero attached hydrogens (tertiary/aromatic N) is 1. The van der Waals surface area contributed by atoms with Crippen LogP contribution in [0.3, 0.4) is 0 Å². The molecule has 2 heterocycles. The monoisotopic (exact) mass is 311 g/mol. The molecule has 0 amide bonds. The molecule has 0 saturated heterocycles. The Balaban J connectivity index is 2.34. The Bertz CT molecular complexity index is 880. The van der Waals surface area contributed by atoms with Gasteiger partial charge in [0, 0.05) is 10.3 Å². The Hall–Kier alpha value is -2.20. The third-order valence-electron chi connectivity index (χ3n) is 3.86. The van der Waals surface area contributed by atoms with E-state index in [0.29, 0.717) is 5.56 Å². The predicted molar refractivity (Wildman–Crippen MR) is 90.9 cm³/mol. The number of carboxylic acids is 1. The van der Waals surface area contributed by atoms with Crippen molar-refractivity contribution in [3.8, 4) is 10.6 Å². The number of carboxylic acid groups (broad SMARTS) is 1. The van der Waals surface area contributed by atoms with E-state index >= 15 is 0 Å². The molecule has 22 heavy (non-hydrogen) atoms. The number of aryl methyl sites for hydroxylation is 3. The highest BCUT2D eigenvalue weighted by molar-refractivity contribution is 7.15. The summed E-state index contributed by atoms with van der Waals surface area (Å²) in [5.41, 5.74) is 3.78. The quantitative estimate of drug-likeness (QED) is 0.753. The third-order valence-corrected chi connectivity index (χ3v) is 5.12. The van der Waals surface area contributed by atoms with Gasteiger partial charge in [0.25, 0.3) is 0 Å². The van der Waals surface area contributed by atoms with Gasteiger partial charge in [-0.2, -0.15) is 0 Å². The van der Waals surface area contributed by atoms with Crippen LogP contribution in [0.2, 0.25) is 0 Å². The maximum absolute atomic E-state index is 11.7. The lowest BCUT2D eigenvalue weighted by molar-refractivity contribution is 0.0699. The molecule has 1 aromatic carbocycles. The smallest absolute Gasteiger partial charge is 0.336 e. The van der Waals surface area contributed by atoms with Crippen LogP contribution >= 0.6 is 11.3 Å². The highest BCUT2D eigenvalue weighted by Gasteiger charge is 2.16. The molecule has 2 aromatic heterocycles. The van der Waals surface area contributed by atoms with Gasteiger partial charge < -0.3 is 5.11 Å². The van der Waals surface area contributed by atoms with Crippen molar-refractivity contribution >= 4 is 28.2 Å². The molecule has 0 atom stereocenters. The van der Waals surface area contributed by atoms with Crippen molar-refractivity contribution in [2.45, 2.75) is 27.2 Å². The Morgan fingerprint density at radius 1 is 1.18 bits per heavy atom. The van der Waals surface area contributed by atoms with E-state index in [-0.39, 0.29) is 0 Å². The Labute approximate surface area is 133 Å². The van der Waals surface area contributed by atoms with Crippen LogP contribution in [0, 0.1) is 13.8 Å². The molecule has 3 aromatic rings. The summed E-state index contributed by atoms with van der Waals surface area (Å²) in [6.45, 7) is 6.01. The number of benzene rings is 1. The van der Waals surface area contributed by atoms with Crippen molar-refractivity contribution in [3.63, 3.8) is 0 Å². The molecule has 0 spiro atoms. The lowest BCUT2D eigenvalue weighted by atomic mass is 9.99. The fraction of sp³-hybridized carbons (Fsp3) is 0.222. The highest BCUT2D eigenvalue weighted by atomic mass is 32.1. The lowest BCUT2D eigenvalue weighted by Gasteiger charge is -2.10. The van der Waals surface area contributed by atoms with E-state index in [4.69, 9.17) is 4.98 Å². The first-order valence-corrected chi connectivity index (χ1v) is 8.06. The average Bonchev–Trinajstić information content (AvgIpc) is 2.99. The van der Waals surface area contributed by atoms with Crippen LogP contribution in [-0.4, -0.2) is 16.1 Å². The van der Waals surface area contributed by atoms with Gasteiger partial charge in [-0.25, -0.2) is 9.78 Å². The molecule has 0 radical (unpaired) electrons. The normalized spacial score (nSPS) is 11.0. The molecule has 4 heteroatoms. The molecule has 0 fully saturated rings. The van der Waals surface area contributed by atoms with E-state index in [1.54, 1.807) is 17.4 Å². The van der Waals surface area contributed by atoms with Crippen LogP contribution in [0.25, 0.3) is 21.5 Å². The summed E-state index contributed by atoms with van der Waals surface area (Å²) in [5, 5.41) is 10.3. The number of thiophene rings is 1. The van der Waals surface area contributed by atoms with Gasteiger partial charge in [0.1, 0.15) is 0 Å². The fourth-order valence-electron chi connectivity index (χ4n) is 2.64. The summed E-state index contributed by atoms with van der Waals surface area (Å²) in [6.07, 6.45) is 0.974. The molecule has 112 valence electrons. The number of fused-ring (bicyclic) bond motifs is 1. The van der Waals surface area contributed by atoms with E-state index in [0.717, 1.165) is 39.0 Å². The van der Waals surface area contributed by atoms with E-state index in [1.807, 2.05) is 32.0 Å². The van der Waals surface area contributed by atoms with Gasteiger partial charge in [0.05, 0.1) is 21.7 Å². The summed E-state index contributed by atoms with van der Waals surface area (Å²) >= 11 is 1.67. The van der Waals surface area contributed by atoms with Gasteiger partial charge in [0.2, 0.25) is 0 Å². The minimum absolute atomic E-state index is 0.327.